The van der Waals surface area contributed by atoms with Gasteiger partial charge in [0, 0.05) is 17.8 Å². The molecule has 0 aliphatic carbocycles. The van der Waals surface area contributed by atoms with Gasteiger partial charge in [0.25, 0.3) is 5.69 Å². The van der Waals surface area contributed by atoms with Gasteiger partial charge < -0.3 is 0 Å². The lowest BCUT2D eigenvalue weighted by molar-refractivity contribution is -0.384. The summed E-state index contributed by atoms with van der Waals surface area (Å²) >= 11 is 19.0. The van der Waals surface area contributed by atoms with Crippen molar-refractivity contribution < 1.29 is 9.72 Å². The van der Waals surface area contributed by atoms with Gasteiger partial charge in [-0.15, -0.1) is 0 Å². The predicted molar refractivity (Wildman–Crippen MR) is 85.6 cm³/mol. The smallest absolute Gasteiger partial charge is 0.288 e. The van der Waals surface area contributed by atoms with E-state index >= 15 is 0 Å². The molecule has 3 aromatic rings. The summed E-state index contributed by atoms with van der Waals surface area (Å²) in [5.41, 5.74) is 0.388. The highest BCUT2D eigenvalue weighted by atomic mass is 35.5. The van der Waals surface area contributed by atoms with Crippen LogP contribution >= 0.6 is 46.1 Å². The molecular weight excluding hydrogens is 373 g/mol. The molecule has 2 aromatic heterocycles. The number of thiazole rings is 1. The zero-order valence-electron chi connectivity index (χ0n) is 10.4. The molecule has 22 heavy (non-hydrogen) atoms. The van der Waals surface area contributed by atoms with Gasteiger partial charge in [-0.2, -0.15) is 0 Å². The van der Waals surface area contributed by atoms with Crippen molar-refractivity contribution in [1.29, 1.82) is 0 Å². The number of fused-ring (bicyclic) bond motifs is 1. The minimum absolute atomic E-state index is 0.0875. The average Bonchev–Trinajstić information content (AvgIpc) is 2.93. The second-order valence-electron chi connectivity index (χ2n) is 4.19. The Balaban J connectivity index is 2.31. The lowest BCUT2D eigenvalue weighted by Gasteiger charge is -2.04. The van der Waals surface area contributed by atoms with Gasteiger partial charge in [-0.05, 0) is 6.07 Å². The first-order valence-corrected chi connectivity index (χ1v) is 7.63. The van der Waals surface area contributed by atoms with E-state index in [1.54, 1.807) is 6.20 Å². The zero-order valence-corrected chi connectivity index (χ0v) is 13.5. The third-order valence-electron chi connectivity index (χ3n) is 2.94. The van der Waals surface area contributed by atoms with Crippen LogP contribution in [0.2, 0.25) is 14.4 Å². The van der Waals surface area contributed by atoms with Gasteiger partial charge in [-0.3, -0.25) is 19.3 Å². The Morgan fingerprint density at radius 1 is 1.27 bits per heavy atom. The molecule has 3 rings (SSSR count). The number of aldehydes is 1. The molecule has 0 atom stereocenters. The first kappa shape index (κ1) is 15.2. The molecule has 2 heterocycles. The van der Waals surface area contributed by atoms with Gasteiger partial charge in [0.05, 0.1) is 9.95 Å². The fraction of sp³-hybridized carbons (Fsp3) is 0. The van der Waals surface area contributed by atoms with Crippen LogP contribution in [0.3, 0.4) is 0 Å². The standard InChI is InChI=1S/C12H4Cl3N3O3S/c13-6-2-7(14)8(18(20)21)1-5(6)11-9(4-19)17-3-10(15)22-12(17)16-11/h1-4H. The maximum Gasteiger partial charge on any atom is 0.288 e. The van der Waals surface area contributed by atoms with E-state index in [1.807, 2.05) is 0 Å². The second kappa shape index (κ2) is 5.51. The van der Waals surface area contributed by atoms with E-state index in [0.29, 0.717) is 15.6 Å². The number of carbonyl (C=O) groups is 1. The Labute approximate surface area is 142 Å². The molecule has 0 N–H and O–H groups in total. The zero-order chi connectivity index (χ0) is 16.0. The van der Waals surface area contributed by atoms with Crippen LogP contribution in [0.5, 0.6) is 0 Å². The average molecular weight is 377 g/mol. The first-order chi connectivity index (χ1) is 10.4. The molecule has 0 unspecified atom stereocenters. The fourth-order valence-corrected chi connectivity index (χ4v) is 3.57. The van der Waals surface area contributed by atoms with Gasteiger partial charge in [0.2, 0.25) is 0 Å². The van der Waals surface area contributed by atoms with E-state index in [9.17, 15) is 14.9 Å². The summed E-state index contributed by atoms with van der Waals surface area (Å²) in [5, 5.41) is 11.1. The summed E-state index contributed by atoms with van der Waals surface area (Å²) in [6.45, 7) is 0. The lowest BCUT2D eigenvalue weighted by Crippen LogP contribution is -1.94. The first-order valence-electron chi connectivity index (χ1n) is 5.68. The second-order valence-corrected chi connectivity index (χ2v) is 6.65. The number of nitro benzene ring substituents is 1. The minimum Gasteiger partial charge on any atom is -0.296 e. The molecule has 0 amide bonds. The van der Waals surface area contributed by atoms with Crippen LogP contribution in [-0.2, 0) is 0 Å². The van der Waals surface area contributed by atoms with Crippen LogP contribution < -0.4 is 0 Å². The molecule has 10 heteroatoms. The number of aromatic nitrogens is 2. The summed E-state index contributed by atoms with van der Waals surface area (Å²) in [7, 11) is 0. The molecule has 112 valence electrons. The summed E-state index contributed by atoms with van der Waals surface area (Å²) in [4.78, 5) is 26.5. The number of hydrogen-bond acceptors (Lipinski definition) is 5. The van der Waals surface area contributed by atoms with Crippen LogP contribution in [-0.4, -0.2) is 20.6 Å². The number of rotatable bonds is 3. The molecule has 0 radical (unpaired) electrons. The number of nitrogens with zero attached hydrogens (tertiary/aromatic N) is 3. The van der Waals surface area contributed by atoms with Crippen LogP contribution in [0, 0.1) is 10.1 Å². The van der Waals surface area contributed by atoms with Crippen molar-refractivity contribution in [3.05, 3.63) is 48.5 Å². The van der Waals surface area contributed by atoms with Gasteiger partial charge in [0.1, 0.15) is 20.7 Å². The van der Waals surface area contributed by atoms with Crippen molar-refractivity contribution in [1.82, 2.24) is 9.38 Å². The van der Waals surface area contributed by atoms with Gasteiger partial charge in [-0.1, -0.05) is 46.1 Å². The van der Waals surface area contributed by atoms with Crippen molar-refractivity contribution in [2.24, 2.45) is 0 Å². The van der Waals surface area contributed by atoms with Crippen LogP contribution in [0.25, 0.3) is 16.2 Å². The Bertz CT molecular complexity index is 935. The third-order valence-corrected chi connectivity index (χ3v) is 4.65. The maximum absolute atomic E-state index is 11.4. The Morgan fingerprint density at radius 2 is 2.00 bits per heavy atom. The monoisotopic (exact) mass is 375 g/mol. The van der Waals surface area contributed by atoms with E-state index in [-0.39, 0.29) is 32.7 Å². The number of halogens is 3. The molecule has 6 nitrogen and oxygen atoms in total. The third kappa shape index (κ3) is 2.36. The van der Waals surface area contributed by atoms with Gasteiger partial charge in [0.15, 0.2) is 11.2 Å². The number of hydrogen-bond donors (Lipinski definition) is 0. The van der Waals surface area contributed by atoms with Crippen molar-refractivity contribution in [3.8, 4) is 11.3 Å². The van der Waals surface area contributed by atoms with Crippen molar-refractivity contribution in [3.63, 3.8) is 0 Å². The fourth-order valence-electron chi connectivity index (χ4n) is 2.01. The minimum atomic E-state index is -0.627. The molecular formula is C12H4Cl3N3O3S. The number of nitro groups is 1. The van der Waals surface area contributed by atoms with Crippen molar-refractivity contribution >= 4 is 63.1 Å². The highest BCUT2D eigenvalue weighted by Crippen LogP contribution is 2.38. The molecule has 0 bridgehead atoms. The molecule has 1 aromatic carbocycles. The van der Waals surface area contributed by atoms with Crippen LogP contribution in [0.15, 0.2) is 18.3 Å². The van der Waals surface area contributed by atoms with E-state index in [0.717, 1.165) is 0 Å². The Morgan fingerprint density at radius 3 is 2.64 bits per heavy atom. The topological polar surface area (TPSA) is 77.5 Å². The number of imidazole rings is 1. The molecule has 0 saturated heterocycles. The molecule has 0 spiro atoms. The molecule has 0 fully saturated rings. The normalized spacial score (nSPS) is 11.0. The highest BCUT2D eigenvalue weighted by molar-refractivity contribution is 7.20. The maximum atomic E-state index is 11.4. The molecule has 0 aliphatic heterocycles. The van der Waals surface area contributed by atoms with Gasteiger partial charge in [-0.25, -0.2) is 4.98 Å². The summed E-state index contributed by atoms with van der Waals surface area (Å²) in [5.74, 6) is 0. The van der Waals surface area contributed by atoms with Crippen LogP contribution in [0.1, 0.15) is 10.5 Å². The summed E-state index contributed by atoms with van der Waals surface area (Å²) in [6.07, 6.45) is 2.13. The molecule has 0 saturated carbocycles. The summed E-state index contributed by atoms with van der Waals surface area (Å²) in [6, 6.07) is 2.46. The van der Waals surface area contributed by atoms with E-state index in [1.165, 1.54) is 27.9 Å². The van der Waals surface area contributed by atoms with Crippen molar-refractivity contribution in [2.75, 3.05) is 0 Å². The highest BCUT2D eigenvalue weighted by Gasteiger charge is 2.22. The number of carbonyl (C=O) groups excluding carboxylic acids is 1. The lowest BCUT2D eigenvalue weighted by atomic mass is 10.1. The van der Waals surface area contributed by atoms with Gasteiger partial charge >= 0.3 is 0 Å². The predicted octanol–water partition coefficient (Wildman–Crippen LogP) is 4.74. The van der Waals surface area contributed by atoms with E-state index < -0.39 is 4.92 Å². The van der Waals surface area contributed by atoms with E-state index in [2.05, 4.69) is 4.98 Å². The largest absolute Gasteiger partial charge is 0.296 e. The van der Waals surface area contributed by atoms with Crippen LogP contribution in [0.4, 0.5) is 5.69 Å². The van der Waals surface area contributed by atoms with E-state index in [4.69, 9.17) is 34.8 Å². The Hall–Kier alpha value is -1.67. The quantitative estimate of drug-likeness (QED) is 0.375. The van der Waals surface area contributed by atoms with Crippen molar-refractivity contribution in [2.45, 2.75) is 0 Å². The Kier molecular flexibility index (Phi) is 3.82. The summed E-state index contributed by atoms with van der Waals surface area (Å²) < 4.78 is 1.97. The SMILES string of the molecule is O=Cc1c(-c2cc([N+](=O)[O-])c(Cl)cc2Cl)nc2sc(Cl)cn12. The number of benzene rings is 1. The molecule has 0 aliphatic rings.